The molecule has 2 aromatic rings. The molecule has 1 fully saturated rings. The van der Waals surface area contributed by atoms with E-state index in [1.54, 1.807) is 18.2 Å². The summed E-state index contributed by atoms with van der Waals surface area (Å²) in [5.41, 5.74) is 0.451. The molecule has 3 rings (SSSR count). The summed E-state index contributed by atoms with van der Waals surface area (Å²) >= 11 is 0. The van der Waals surface area contributed by atoms with Gasteiger partial charge in [0, 0.05) is 13.1 Å². The van der Waals surface area contributed by atoms with Crippen molar-refractivity contribution in [2.24, 2.45) is 0 Å². The van der Waals surface area contributed by atoms with E-state index in [1.165, 1.54) is 11.2 Å². The summed E-state index contributed by atoms with van der Waals surface area (Å²) in [4.78, 5) is 17.4. The molecule has 0 aliphatic carbocycles. The smallest absolute Gasteiger partial charge is 0.323 e. The number of urea groups is 1. The lowest BCUT2D eigenvalue weighted by atomic mass is 10.3. The third-order valence-electron chi connectivity index (χ3n) is 2.63. The van der Waals surface area contributed by atoms with Crippen LogP contribution in [0.1, 0.15) is 0 Å². The molecule has 0 bridgehead atoms. The van der Waals surface area contributed by atoms with Gasteiger partial charge in [-0.05, 0) is 12.1 Å². The summed E-state index contributed by atoms with van der Waals surface area (Å²) < 4.78 is 0.788. The Kier molecular flexibility index (Phi) is 2.33. The summed E-state index contributed by atoms with van der Waals surface area (Å²) in [7, 11) is 0. The Bertz CT molecular complexity index is 596. The van der Waals surface area contributed by atoms with Gasteiger partial charge in [-0.25, -0.2) is 9.78 Å². The first-order valence-corrected chi connectivity index (χ1v) is 5.38. The second kappa shape index (κ2) is 3.99. The molecule has 1 saturated heterocycles. The minimum atomic E-state index is -0.176. The lowest BCUT2D eigenvalue weighted by Gasteiger charge is -2.13. The van der Waals surface area contributed by atoms with Gasteiger partial charge in [-0.2, -0.15) is 4.73 Å². The van der Waals surface area contributed by atoms with Gasteiger partial charge in [-0.1, -0.05) is 6.07 Å². The molecule has 3 heterocycles. The highest BCUT2D eigenvalue weighted by Crippen LogP contribution is 2.19. The van der Waals surface area contributed by atoms with Crippen LogP contribution in [0.3, 0.4) is 0 Å². The third-order valence-corrected chi connectivity index (χ3v) is 2.63. The van der Waals surface area contributed by atoms with Crippen molar-refractivity contribution in [1.29, 1.82) is 0 Å². The standard InChI is InChI=1S/C10H10N6O2/c17-10-11-4-5-15(10)8-3-1-2-7(13-8)9-14-12-6-16(9)18/h1-3,6,18H,4-5H2,(H,11,17). The van der Waals surface area contributed by atoms with Crippen molar-refractivity contribution < 1.29 is 10.0 Å². The Morgan fingerprint density at radius 3 is 2.94 bits per heavy atom. The molecule has 0 radical (unpaired) electrons. The average molecular weight is 246 g/mol. The van der Waals surface area contributed by atoms with E-state index >= 15 is 0 Å². The molecular weight excluding hydrogens is 236 g/mol. The SMILES string of the molecule is O=C1NCCN1c1cccc(-c2nncn2O)n1. The number of carbonyl (C=O) groups excluding carboxylic acids is 1. The van der Waals surface area contributed by atoms with Gasteiger partial charge in [0.2, 0.25) is 5.82 Å². The van der Waals surface area contributed by atoms with Gasteiger partial charge in [-0.15, -0.1) is 10.2 Å². The van der Waals surface area contributed by atoms with Crippen LogP contribution in [0.25, 0.3) is 11.5 Å². The Hall–Kier alpha value is -2.64. The van der Waals surface area contributed by atoms with E-state index in [-0.39, 0.29) is 11.9 Å². The molecule has 0 spiro atoms. The van der Waals surface area contributed by atoms with Crippen molar-refractivity contribution in [3.05, 3.63) is 24.5 Å². The summed E-state index contributed by atoms with van der Waals surface area (Å²) in [6.07, 6.45) is 1.17. The Morgan fingerprint density at radius 1 is 1.39 bits per heavy atom. The van der Waals surface area contributed by atoms with E-state index in [2.05, 4.69) is 20.5 Å². The van der Waals surface area contributed by atoms with Gasteiger partial charge in [0.25, 0.3) is 0 Å². The van der Waals surface area contributed by atoms with Crippen LogP contribution in [0.15, 0.2) is 24.5 Å². The molecule has 8 heteroatoms. The molecule has 0 atom stereocenters. The van der Waals surface area contributed by atoms with Crippen LogP contribution >= 0.6 is 0 Å². The van der Waals surface area contributed by atoms with Gasteiger partial charge < -0.3 is 10.5 Å². The molecule has 18 heavy (non-hydrogen) atoms. The number of nitrogens with zero attached hydrogens (tertiary/aromatic N) is 5. The van der Waals surface area contributed by atoms with Crippen LogP contribution in [0.4, 0.5) is 10.6 Å². The van der Waals surface area contributed by atoms with Crippen molar-refractivity contribution in [3.63, 3.8) is 0 Å². The van der Waals surface area contributed by atoms with E-state index in [4.69, 9.17) is 0 Å². The van der Waals surface area contributed by atoms with Gasteiger partial charge >= 0.3 is 6.03 Å². The maximum atomic E-state index is 11.5. The highest BCUT2D eigenvalue weighted by molar-refractivity contribution is 5.93. The van der Waals surface area contributed by atoms with E-state index in [0.29, 0.717) is 24.6 Å². The minimum absolute atomic E-state index is 0.176. The first kappa shape index (κ1) is 10.5. The number of aromatic nitrogens is 4. The van der Waals surface area contributed by atoms with Crippen molar-refractivity contribution >= 4 is 11.8 Å². The fourth-order valence-corrected chi connectivity index (χ4v) is 1.79. The number of hydrogen-bond donors (Lipinski definition) is 2. The fraction of sp³-hybridized carbons (Fsp3) is 0.200. The van der Waals surface area contributed by atoms with Crippen molar-refractivity contribution in [2.45, 2.75) is 0 Å². The largest absolute Gasteiger partial charge is 0.425 e. The van der Waals surface area contributed by atoms with E-state index in [9.17, 15) is 10.0 Å². The Balaban J connectivity index is 1.99. The van der Waals surface area contributed by atoms with E-state index in [1.807, 2.05) is 0 Å². The maximum Gasteiger partial charge on any atom is 0.323 e. The van der Waals surface area contributed by atoms with Crippen LogP contribution in [-0.2, 0) is 0 Å². The summed E-state index contributed by atoms with van der Waals surface area (Å²) in [5, 5.41) is 19.5. The molecule has 2 aromatic heterocycles. The average Bonchev–Trinajstić information content (AvgIpc) is 2.98. The number of anilines is 1. The molecule has 0 saturated carbocycles. The lowest BCUT2D eigenvalue weighted by Crippen LogP contribution is -2.28. The fourth-order valence-electron chi connectivity index (χ4n) is 1.79. The lowest BCUT2D eigenvalue weighted by molar-refractivity contribution is 0.189. The minimum Gasteiger partial charge on any atom is -0.425 e. The molecule has 1 aliphatic rings. The summed E-state index contributed by atoms with van der Waals surface area (Å²) in [6, 6.07) is 4.99. The summed E-state index contributed by atoms with van der Waals surface area (Å²) in [6.45, 7) is 1.17. The molecule has 2 amide bonds. The second-order valence-electron chi connectivity index (χ2n) is 3.76. The number of pyridine rings is 1. The quantitative estimate of drug-likeness (QED) is 0.733. The first-order valence-electron chi connectivity index (χ1n) is 5.38. The van der Waals surface area contributed by atoms with Crippen LogP contribution in [0.5, 0.6) is 0 Å². The highest BCUT2D eigenvalue weighted by Gasteiger charge is 2.22. The molecular formula is C10H10N6O2. The van der Waals surface area contributed by atoms with Crippen molar-refractivity contribution in [3.8, 4) is 11.5 Å². The number of hydrogen-bond acceptors (Lipinski definition) is 5. The van der Waals surface area contributed by atoms with Gasteiger partial charge in [0.1, 0.15) is 11.5 Å². The van der Waals surface area contributed by atoms with Crippen LogP contribution in [0, 0.1) is 0 Å². The maximum absolute atomic E-state index is 11.5. The zero-order chi connectivity index (χ0) is 12.5. The zero-order valence-corrected chi connectivity index (χ0v) is 9.32. The van der Waals surface area contributed by atoms with Gasteiger partial charge in [0.15, 0.2) is 6.33 Å². The van der Waals surface area contributed by atoms with Crippen molar-refractivity contribution in [2.75, 3.05) is 18.0 Å². The molecule has 1 aliphatic heterocycles. The van der Waals surface area contributed by atoms with Crippen LogP contribution in [-0.4, -0.2) is 44.2 Å². The Morgan fingerprint density at radius 2 is 2.28 bits per heavy atom. The molecule has 2 N–H and O–H groups in total. The molecule has 0 aromatic carbocycles. The second-order valence-corrected chi connectivity index (χ2v) is 3.76. The number of amides is 2. The highest BCUT2D eigenvalue weighted by atomic mass is 16.5. The predicted octanol–water partition coefficient (Wildman–Crippen LogP) is 0.107. The van der Waals surface area contributed by atoms with Gasteiger partial charge in [0.05, 0.1) is 0 Å². The van der Waals surface area contributed by atoms with Crippen LogP contribution < -0.4 is 10.2 Å². The van der Waals surface area contributed by atoms with Crippen LogP contribution in [0.2, 0.25) is 0 Å². The molecule has 0 unspecified atom stereocenters. The third kappa shape index (κ3) is 1.63. The molecule has 8 nitrogen and oxygen atoms in total. The monoisotopic (exact) mass is 246 g/mol. The predicted molar refractivity (Wildman–Crippen MR) is 61.2 cm³/mol. The van der Waals surface area contributed by atoms with E-state index < -0.39 is 0 Å². The topological polar surface area (TPSA) is 96.2 Å². The van der Waals surface area contributed by atoms with Crippen molar-refractivity contribution in [1.82, 2.24) is 25.2 Å². The van der Waals surface area contributed by atoms with Gasteiger partial charge in [-0.3, -0.25) is 4.90 Å². The first-order chi connectivity index (χ1) is 8.75. The number of nitrogens with one attached hydrogen (secondary N) is 1. The normalized spacial score (nSPS) is 14.9. The van der Waals surface area contributed by atoms with E-state index in [0.717, 1.165) is 4.73 Å². The zero-order valence-electron chi connectivity index (χ0n) is 9.32. The number of rotatable bonds is 2. The Labute approximate surface area is 102 Å². The number of carbonyl (C=O) groups is 1. The summed E-state index contributed by atoms with van der Waals surface area (Å²) in [5.74, 6) is 0.752. The molecule has 92 valence electrons.